The van der Waals surface area contributed by atoms with Crippen molar-refractivity contribution in [3.05, 3.63) is 24.3 Å². The average Bonchev–Trinajstić information content (AvgIpc) is 2.26. The van der Waals surface area contributed by atoms with Crippen LogP contribution in [0.3, 0.4) is 0 Å². The lowest BCUT2D eigenvalue weighted by molar-refractivity contribution is 0.153. The van der Waals surface area contributed by atoms with Gasteiger partial charge in [-0.25, -0.2) is 4.79 Å². The molecule has 15 heavy (non-hydrogen) atoms. The molecule has 0 spiro atoms. The lowest BCUT2D eigenvalue weighted by atomic mass is 10.3. The smallest absolute Gasteiger partial charge is 0.406 e. The summed E-state index contributed by atoms with van der Waals surface area (Å²) in [7, 11) is 1.52. The third kappa shape index (κ3) is 4.21. The minimum atomic E-state index is -0.422. The number of nitrogens with one attached hydrogen (secondary N) is 2. The average molecular weight is 209 g/mol. The van der Waals surface area contributed by atoms with Crippen LogP contribution in [0.1, 0.15) is 0 Å². The summed E-state index contributed by atoms with van der Waals surface area (Å²) < 4.78 is 4.80. The Morgan fingerprint density at radius 2 is 2.07 bits per heavy atom. The fourth-order valence-corrected chi connectivity index (χ4v) is 1.01. The van der Waals surface area contributed by atoms with Gasteiger partial charge in [-0.15, -0.1) is 0 Å². The summed E-state index contributed by atoms with van der Waals surface area (Å²) in [4.78, 5) is 10.7. The van der Waals surface area contributed by atoms with E-state index in [1.54, 1.807) is 0 Å². The molecule has 0 atom stereocenters. The fourth-order valence-electron chi connectivity index (χ4n) is 1.01. The highest BCUT2D eigenvalue weighted by Gasteiger charge is 1.96. The van der Waals surface area contributed by atoms with E-state index in [1.807, 2.05) is 24.3 Å². The number of nitrogen functional groups attached to an aromatic ring is 1. The number of hydrogen-bond acceptors (Lipinski definition) is 4. The molecule has 0 saturated carbocycles. The van der Waals surface area contributed by atoms with E-state index in [2.05, 4.69) is 10.6 Å². The van der Waals surface area contributed by atoms with Crippen LogP contribution in [-0.4, -0.2) is 26.3 Å². The van der Waals surface area contributed by atoms with Crippen molar-refractivity contribution in [3.63, 3.8) is 0 Å². The van der Waals surface area contributed by atoms with Crippen LogP contribution in [0.5, 0.6) is 0 Å². The van der Waals surface area contributed by atoms with E-state index < -0.39 is 6.09 Å². The number of anilines is 2. The van der Waals surface area contributed by atoms with Crippen LogP contribution in [0.25, 0.3) is 0 Å². The maximum absolute atomic E-state index is 10.7. The van der Waals surface area contributed by atoms with Gasteiger partial charge in [-0.05, 0) is 24.3 Å². The van der Waals surface area contributed by atoms with E-state index in [-0.39, 0.29) is 0 Å². The van der Waals surface area contributed by atoms with Crippen LogP contribution in [0.15, 0.2) is 24.3 Å². The van der Waals surface area contributed by atoms with Crippen molar-refractivity contribution in [1.82, 2.24) is 5.32 Å². The molecule has 0 bridgehead atoms. The van der Waals surface area contributed by atoms with Crippen LogP contribution in [0, 0.1) is 0 Å². The molecule has 0 aliphatic heterocycles. The van der Waals surface area contributed by atoms with Gasteiger partial charge in [0.15, 0.2) is 0 Å². The summed E-state index contributed by atoms with van der Waals surface area (Å²) in [5, 5.41) is 5.46. The number of benzene rings is 1. The first-order valence-electron chi connectivity index (χ1n) is 4.66. The summed E-state index contributed by atoms with van der Waals surface area (Å²) in [6.45, 7) is 0.890. The predicted octanol–water partition coefficient (Wildman–Crippen LogP) is 1.04. The Bertz CT molecular complexity index is 311. The molecule has 0 aromatic heterocycles. The van der Waals surface area contributed by atoms with Gasteiger partial charge in [0.05, 0.1) is 0 Å². The molecule has 0 heterocycles. The SMILES string of the molecule is CNC(=O)OCCNc1ccc(N)cc1. The van der Waals surface area contributed by atoms with Gasteiger partial charge in [0.1, 0.15) is 6.61 Å². The molecule has 0 saturated heterocycles. The van der Waals surface area contributed by atoms with Gasteiger partial charge in [0.2, 0.25) is 0 Å². The number of alkyl carbamates (subject to hydrolysis) is 1. The summed E-state index contributed by atoms with van der Waals surface area (Å²) in [6, 6.07) is 7.36. The summed E-state index contributed by atoms with van der Waals surface area (Å²) in [5.74, 6) is 0. The molecule has 82 valence electrons. The van der Waals surface area contributed by atoms with Gasteiger partial charge >= 0.3 is 6.09 Å². The fraction of sp³-hybridized carbons (Fsp3) is 0.300. The third-order valence-electron chi connectivity index (χ3n) is 1.78. The first kappa shape index (κ1) is 11.2. The van der Waals surface area contributed by atoms with Crippen molar-refractivity contribution < 1.29 is 9.53 Å². The van der Waals surface area contributed by atoms with E-state index in [0.717, 1.165) is 11.4 Å². The van der Waals surface area contributed by atoms with Crippen molar-refractivity contribution >= 4 is 17.5 Å². The van der Waals surface area contributed by atoms with Crippen LogP contribution in [0.4, 0.5) is 16.2 Å². The lowest BCUT2D eigenvalue weighted by Gasteiger charge is -2.07. The van der Waals surface area contributed by atoms with Crippen LogP contribution >= 0.6 is 0 Å². The molecule has 0 aliphatic rings. The monoisotopic (exact) mass is 209 g/mol. The molecule has 0 unspecified atom stereocenters. The molecular formula is C10H15N3O2. The number of rotatable bonds is 4. The quantitative estimate of drug-likeness (QED) is 0.511. The van der Waals surface area contributed by atoms with Crippen molar-refractivity contribution in [3.8, 4) is 0 Å². The third-order valence-corrected chi connectivity index (χ3v) is 1.78. The highest BCUT2D eigenvalue weighted by molar-refractivity contribution is 5.66. The van der Waals surface area contributed by atoms with E-state index in [1.165, 1.54) is 7.05 Å². The highest BCUT2D eigenvalue weighted by Crippen LogP contribution is 2.09. The molecular weight excluding hydrogens is 194 g/mol. The minimum Gasteiger partial charge on any atom is -0.448 e. The minimum absolute atomic E-state index is 0.323. The van der Waals surface area contributed by atoms with Crippen molar-refractivity contribution in [2.45, 2.75) is 0 Å². The van der Waals surface area contributed by atoms with Crippen LogP contribution in [0.2, 0.25) is 0 Å². The van der Waals surface area contributed by atoms with Gasteiger partial charge in [-0.2, -0.15) is 0 Å². The van der Waals surface area contributed by atoms with Crippen molar-refractivity contribution in [1.29, 1.82) is 0 Å². The molecule has 1 amide bonds. The van der Waals surface area contributed by atoms with Gasteiger partial charge in [0.25, 0.3) is 0 Å². The van der Waals surface area contributed by atoms with Gasteiger partial charge in [-0.1, -0.05) is 0 Å². The van der Waals surface area contributed by atoms with Gasteiger partial charge in [-0.3, -0.25) is 0 Å². The summed E-state index contributed by atoms with van der Waals surface area (Å²) in [6.07, 6.45) is -0.422. The normalized spacial score (nSPS) is 9.40. The Morgan fingerprint density at radius 1 is 1.40 bits per heavy atom. The molecule has 0 fully saturated rings. The largest absolute Gasteiger partial charge is 0.448 e. The van der Waals surface area contributed by atoms with E-state index in [9.17, 15) is 4.79 Å². The van der Waals surface area contributed by atoms with Crippen molar-refractivity contribution in [2.75, 3.05) is 31.2 Å². The maximum atomic E-state index is 10.7. The number of nitrogens with two attached hydrogens (primary N) is 1. The molecule has 5 heteroatoms. The lowest BCUT2D eigenvalue weighted by Crippen LogP contribution is -2.22. The molecule has 4 N–H and O–H groups in total. The van der Waals surface area contributed by atoms with Gasteiger partial charge in [0, 0.05) is 25.0 Å². The molecule has 1 rings (SSSR count). The van der Waals surface area contributed by atoms with E-state index in [4.69, 9.17) is 10.5 Å². The summed E-state index contributed by atoms with van der Waals surface area (Å²) >= 11 is 0. The predicted molar refractivity (Wildman–Crippen MR) is 59.8 cm³/mol. The molecule has 0 radical (unpaired) electrons. The van der Waals surface area contributed by atoms with E-state index >= 15 is 0 Å². The Morgan fingerprint density at radius 3 is 2.67 bits per heavy atom. The second-order valence-electron chi connectivity index (χ2n) is 2.93. The molecule has 0 aliphatic carbocycles. The first-order chi connectivity index (χ1) is 7.22. The second-order valence-corrected chi connectivity index (χ2v) is 2.93. The molecule has 1 aromatic carbocycles. The molecule has 5 nitrogen and oxygen atoms in total. The van der Waals surface area contributed by atoms with Crippen LogP contribution in [-0.2, 0) is 4.74 Å². The topological polar surface area (TPSA) is 76.4 Å². The highest BCUT2D eigenvalue weighted by atomic mass is 16.5. The van der Waals surface area contributed by atoms with Crippen LogP contribution < -0.4 is 16.4 Å². The standard InChI is InChI=1S/C10H15N3O2/c1-12-10(14)15-7-6-13-9-4-2-8(11)3-5-9/h2-5,13H,6-7,11H2,1H3,(H,12,14). The molecule has 1 aromatic rings. The second kappa shape index (κ2) is 5.74. The first-order valence-corrected chi connectivity index (χ1v) is 4.66. The maximum Gasteiger partial charge on any atom is 0.406 e. The Kier molecular flexibility index (Phi) is 4.28. The zero-order chi connectivity index (χ0) is 11.1. The number of carbonyl (C=O) groups is 1. The Hall–Kier alpha value is -1.91. The number of carbonyl (C=O) groups excluding carboxylic acids is 1. The Labute approximate surface area is 88.6 Å². The number of hydrogen-bond donors (Lipinski definition) is 3. The van der Waals surface area contributed by atoms with Crippen molar-refractivity contribution in [2.24, 2.45) is 0 Å². The number of ether oxygens (including phenoxy) is 1. The zero-order valence-corrected chi connectivity index (χ0v) is 8.62. The zero-order valence-electron chi connectivity index (χ0n) is 8.62. The number of amides is 1. The Balaban J connectivity index is 2.20. The van der Waals surface area contributed by atoms with Gasteiger partial charge < -0.3 is 21.1 Å². The summed E-state index contributed by atoms with van der Waals surface area (Å²) in [5.41, 5.74) is 7.21. The van der Waals surface area contributed by atoms with E-state index in [0.29, 0.717) is 13.2 Å².